The predicted octanol–water partition coefficient (Wildman–Crippen LogP) is 2.23. The molecule has 1 amide bonds. The van der Waals surface area contributed by atoms with Gasteiger partial charge in [-0.25, -0.2) is 4.39 Å². The van der Waals surface area contributed by atoms with Crippen LogP contribution in [-0.4, -0.2) is 59.6 Å². The summed E-state index contributed by atoms with van der Waals surface area (Å²) in [6, 6.07) is 6.57. The number of aliphatic hydroxyl groups excluding tert-OH is 1. The van der Waals surface area contributed by atoms with E-state index in [4.69, 9.17) is 0 Å². The van der Waals surface area contributed by atoms with E-state index in [1.807, 2.05) is 11.8 Å². The molecule has 23 heavy (non-hydrogen) atoms. The van der Waals surface area contributed by atoms with Gasteiger partial charge in [-0.1, -0.05) is 26.0 Å². The van der Waals surface area contributed by atoms with Crippen LogP contribution in [0.5, 0.6) is 0 Å². The molecule has 5 heteroatoms. The summed E-state index contributed by atoms with van der Waals surface area (Å²) in [5, 5.41) is 9.37. The highest BCUT2D eigenvalue weighted by atomic mass is 19.1. The van der Waals surface area contributed by atoms with Crippen molar-refractivity contribution in [3.05, 3.63) is 35.6 Å². The van der Waals surface area contributed by atoms with Gasteiger partial charge in [-0.3, -0.25) is 9.69 Å². The summed E-state index contributed by atoms with van der Waals surface area (Å²) in [6.45, 7) is 7.30. The van der Waals surface area contributed by atoms with Crippen molar-refractivity contribution in [2.24, 2.45) is 0 Å². The second-order valence-corrected chi connectivity index (χ2v) is 6.32. The van der Waals surface area contributed by atoms with E-state index in [1.165, 1.54) is 12.1 Å². The van der Waals surface area contributed by atoms with E-state index in [2.05, 4.69) is 11.8 Å². The van der Waals surface area contributed by atoms with Crippen molar-refractivity contribution < 1.29 is 14.3 Å². The third-order valence-corrected chi connectivity index (χ3v) is 4.79. The van der Waals surface area contributed by atoms with Crippen LogP contribution in [-0.2, 0) is 4.79 Å². The molecule has 0 spiro atoms. The van der Waals surface area contributed by atoms with Crippen molar-refractivity contribution in [2.75, 3.05) is 32.8 Å². The number of benzene rings is 1. The molecule has 2 unspecified atom stereocenters. The van der Waals surface area contributed by atoms with Crippen LogP contribution in [0.25, 0.3) is 0 Å². The Morgan fingerprint density at radius 2 is 1.83 bits per heavy atom. The van der Waals surface area contributed by atoms with Crippen LogP contribution in [0, 0.1) is 5.82 Å². The first-order chi connectivity index (χ1) is 11.0. The number of carbonyl (C=O) groups is 1. The third kappa shape index (κ3) is 4.75. The van der Waals surface area contributed by atoms with Crippen LogP contribution in [0.1, 0.15) is 38.2 Å². The Bertz CT molecular complexity index is 494. The molecule has 0 saturated carbocycles. The molecule has 1 N–H and O–H groups in total. The molecule has 1 aliphatic heterocycles. The Morgan fingerprint density at radius 1 is 1.22 bits per heavy atom. The molecule has 4 nitrogen and oxygen atoms in total. The first kappa shape index (κ1) is 17.9. The lowest BCUT2D eigenvalue weighted by molar-refractivity contribution is -0.133. The predicted molar refractivity (Wildman–Crippen MR) is 88.7 cm³/mol. The maximum Gasteiger partial charge on any atom is 0.223 e. The minimum absolute atomic E-state index is 0.0851. The minimum Gasteiger partial charge on any atom is -0.395 e. The molecule has 1 fully saturated rings. The molecular weight excluding hydrogens is 295 g/mol. The maximum atomic E-state index is 13.0. The topological polar surface area (TPSA) is 43.8 Å². The number of halogens is 1. The highest BCUT2D eigenvalue weighted by molar-refractivity contribution is 5.77. The maximum absolute atomic E-state index is 13.0. The standard InChI is InChI=1S/C18H27FN2O2/c1-3-17(13-22)20-8-10-21(11-9-20)18(23)12-14(2)15-4-6-16(19)7-5-15/h4-7,14,17,22H,3,8-13H2,1-2H3. The Hall–Kier alpha value is -1.46. The molecule has 1 saturated heterocycles. The number of carbonyl (C=O) groups excluding carboxylic acids is 1. The summed E-state index contributed by atoms with van der Waals surface area (Å²) < 4.78 is 13.0. The summed E-state index contributed by atoms with van der Waals surface area (Å²) in [4.78, 5) is 16.6. The smallest absolute Gasteiger partial charge is 0.223 e. The molecular formula is C18H27FN2O2. The second kappa shape index (κ2) is 8.41. The molecule has 1 aromatic rings. The zero-order valence-corrected chi connectivity index (χ0v) is 14.0. The fourth-order valence-corrected chi connectivity index (χ4v) is 3.14. The van der Waals surface area contributed by atoms with Gasteiger partial charge in [-0.05, 0) is 30.0 Å². The highest BCUT2D eigenvalue weighted by Gasteiger charge is 2.25. The van der Waals surface area contributed by atoms with Gasteiger partial charge in [0, 0.05) is 38.6 Å². The average molecular weight is 322 g/mol. The van der Waals surface area contributed by atoms with Crippen LogP contribution < -0.4 is 0 Å². The zero-order chi connectivity index (χ0) is 16.8. The van der Waals surface area contributed by atoms with E-state index in [9.17, 15) is 14.3 Å². The summed E-state index contributed by atoms with van der Waals surface area (Å²) in [5.74, 6) is -0.0155. The number of aliphatic hydroxyl groups is 1. The van der Waals surface area contributed by atoms with Crippen molar-refractivity contribution in [3.8, 4) is 0 Å². The number of piperazine rings is 1. The third-order valence-electron chi connectivity index (χ3n) is 4.79. The lowest BCUT2D eigenvalue weighted by atomic mass is 9.97. The van der Waals surface area contributed by atoms with Crippen molar-refractivity contribution in [3.63, 3.8) is 0 Å². The fraction of sp³-hybridized carbons (Fsp3) is 0.611. The van der Waals surface area contributed by atoms with Gasteiger partial charge in [0.1, 0.15) is 5.82 Å². The minimum atomic E-state index is -0.252. The zero-order valence-electron chi connectivity index (χ0n) is 14.0. The van der Waals surface area contributed by atoms with Crippen molar-refractivity contribution >= 4 is 5.91 Å². The number of rotatable bonds is 6. The molecule has 2 atom stereocenters. The quantitative estimate of drug-likeness (QED) is 0.873. The van der Waals surface area contributed by atoms with Gasteiger partial charge in [0.2, 0.25) is 5.91 Å². The lowest BCUT2D eigenvalue weighted by Crippen LogP contribution is -2.52. The van der Waals surface area contributed by atoms with Gasteiger partial charge < -0.3 is 10.0 Å². The van der Waals surface area contributed by atoms with E-state index in [1.54, 1.807) is 12.1 Å². The lowest BCUT2D eigenvalue weighted by Gasteiger charge is -2.38. The fourth-order valence-electron chi connectivity index (χ4n) is 3.14. The van der Waals surface area contributed by atoms with Gasteiger partial charge in [0.05, 0.1) is 6.61 Å². The number of amides is 1. The second-order valence-electron chi connectivity index (χ2n) is 6.32. The van der Waals surface area contributed by atoms with Crippen LogP contribution in [0.4, 0.5) is 4.39 Å². The van der Waals surface area contributed by atoms with E-state index in [-0.39, 0.29) is 30.3 Å². The van der Waals surface area contributed by atoms with Crippen LogP contribution in [0.15, 0.2) is 24.3 Å². The van der Waals surface area contributed by atoms with Crippen LogP contribution in [0.3, 0.4) is 0 Å². The Kier molecular flexibility index (Phi) is 6.54. The average Bonchev–Trinajstić information content (AvgIpc) is 2.57. The van der Waals surface area contributed by atoms with Gasteiger partial charge in [-0.15, -0.1) is 0 Å². The Balaban J connectivity index is 1.84. The summed E-state index contributed by atoms with van der Waals surface area (Å²) in [7, 11) is 0. The molecule has 1 aromatic carbocycles. The monoisotopic (exact) mass is 322 g/mol. The molecule has 1 heterocycles. The van der Waals surface area contributed by atoms with E-state index in [0.717, 1.165) is 25.1 Å². The summed E-state index contributed by atoms with van der Waals surface area (Å²) >= 11 is 0. The van der Waals surface area contributed by atoms with Crippen molar-refractivity contribution in [1.29, 1.82) is 0 Å². The first-order valence-corrected chi connectivity index (χ1v) is 8.43. The Morgan fingerprint density at radius 3 is 2.35 bits per heavy atom. The molecule has 0 aromatic heterocycles. The van der Waals surface area contributed by atoms with Gasteiger partial charge in [0.25, 0.3) is 0 Å². The summed E-state index contributed by atoms with van der Waals surface area (Å²) in [6.07, 6.45) is 1.37. The Labute approximate surface area is 137 Å². The van der Waals surface area contributed by atoms with E-state index >= 15 is 0 Å². The molecule has 128 valence electrons. The highest BCUT2D eigenvalue weighted by Crippen LogP contribution is 2.21. The van der Waals surface area contributed by atoms with Crippen molar-refractivity contribution in [1.82, 2.24) is 9.80 Å². The summed E-state index contributed by atoms with van der Waals surface area (Å²) in [5.41, 5.74) is 0.990. The molecule has 2 rings (SSSR count). The normalized spacial score (nSPS) is 18.7. The van der Waals surface area contributed by atoms with Crippen LogP contribution >= 0.6 is 0 Å². The largest absolute Gasteiger partial charge is 0.395 e. The van der Waals surface area contributed by atoms with E-state index < -0.39 is 0 Å². The first-order valence-electron chi connectivity index (χ1n) is 8.43. The van der Waals surface area contributed by atoms with Gasteiger partial charge >= 0.3 is 0 Å². The molecule has 0 bridgehead atoms. The number of hydrogen-bond acceptors (Lipinski definition) is 3. The van der Waals surface area contributed by atoms with E-state index in [0.29, 0.717) is 19.5 Å². The molecule has 0 aliphatic carbocycles. The van der Waals surface area contributed by atoms with Crippen LogP contribution in [0.2, 0.25) is 0 Å². The molecule has 1 aliphatic rings. The number of hydrogen-bond donors (Lipinski definition) is 1. The molecule has 0 radical (unpaired) electrons. The number of nitrogens with zero attached hydrogens (tertiary/aromatic N) is 2. The van der Waals surface area contributed by atoms with Gasteiger partial charge in [0.15, 0.2) is 0 Å². The SMILES string of the molecule is CCC(CO)N1CCN(C(=O)CC(C)c2ccc(F)cc2)CC1. The van der Waals surface area contributed by atoms with Gasteiger partial charge in [-0.2, -0.15) is 0 Å². The van der Waals surface area contributed by atoms with Crippen molar-refractivity contribution in [2.45, 2.75) is 38.6 Å².